The maximum absolute atomic E-state index is 11.9. The number of halogens is 1. The Bertz CT molecular complexity index is 689. The topological polar surface area (TPSA) is 67.4 Å². The minimum absolute atomic E-state index is 0.265. The number of benzene rings is 2. The lowest BCUT2D eigenvalue weighted by Gasteiger charge is -2.08. The quantitative estimate of drug-likeness (QED) is 0.800. The van der Waals surface area contributed by atoms with Crippen LogP contribution in [0.25, 0.3) is 0 Å². The number of amides is 2. The van der Waals surface area contributed by atoms with Crippen molar-refractivity contribution in [2.75, 3.05) is 17.7 Å². The molecule has 114 valence electrons. The van der Waals surface area contributed by atoms with Crippen molar-refractivity contribution in [3.63, 3.8) is 0 Å². The maximum atomic E-state index is 11.9. The van der Waals surface area contributed by atoms with E-state index in [1.807, 2.05) is 12.1 Å². The summed E-state index contributed by atoms with van der Waals surface area (Å²) >= 11 is 3.33. The fourth-order valence-corrected chi connectivity index (χ4v) is 2.19. The number of hydrogen-bond donors (Lipinski definition) is 2. The van der Waals surface area contributed by atoms with Crippen molar-refractivity contribution in [2.45, 2.75) is 6.42 Å². The van der Waals surface area contributed by atoms with Crippen LogP contribution < -0.4 is 15.4 Å². The predicted molar refractivity (Wildman–Crippen MR) is 89.0 cm³/mol. The van der Waals surface area contributed by atoms with Gasteiger partial charge in [0.15, 0.2) is 0 Å². The average molecular weight is 363 g/mol. The molecule has 0 radical (unpaired) electrons. The highest BCUT2D eigenvalue weighted by Gasteiger charge is 2.11. The average Bonchev–Trinajstić information content (AvgIpc) is 2.49. The molecule has 0 bridgehead atoms. The Morgan fingerprint density at radius 3 is 2.50 bits per heavy atom. The summed E-state index contributed by atoms with van der Waals surface area (Å²) in [6.45, 7) is 0. The maximum Gasteiger partial charge on any atom is 0.233 e. The fourth-order valence-electron chi connectivity index (χ4n) is 1.81. The number of carbonyl (C=O) groups is 2. The Morgan fingerprint density at radius 1 is 1.05 bits per heavy atom. The molecule has 22 heavy (non-hydrogen) atoms. The van der Waals surface area contributed by atoms with Gasteiger partial charge in [0.1, 0.15) is 12.2 Å². The Hall–Kier alpha value is -2.34. The molecular formula is C16H15BrN2O3. The first-order valence-corrected chi connectivity index (χ1v) is 7.36. The molecule has 0 aliphatic rings. The summed E-state index contributed by atoms with van der Waals surface area (Å²) in [6.07, 6.45) is -0.265. The van der Waals surface area contributed by atoms with Crippen molar-refractivity contribution in [2.24, 2.45) is 0 Å². The van der Waals surface area contributed by atoms with Gasteiger partial charge in [0.2, 0.25) is 11.8 Å². The highest BCUT2D eigenvalue weighted by Crippen LogP contribution is 2.21. The van der Waals surface area contributed by atoms with Crippen LogP contribution in [-0.4, -0.2) is 18.9 Å². The molecule has 2 rings (SSSR count). The highest BCUT2D eigenvalue weighted by atomic mass is 79.9. The lowest BCUT2D eigenvalue weighted by atomic mass is 10.2. The van der Waals surface area contributed by atoms with Crippen molar-refractivity contribution < 1.29 is 14.3 Å². The minimum Gasteiger partial charge on any atom is -0.497 e. The molecule has 2 amide bonds. The summed E-state index contributed by atoms with van der Waals surface area (Å²) in [4.78, 5) is 23.7. The van der Waals surface area contributed by atoms with Gasteiger partial charge in [0.25, 0.3) is 0 Å². The molecule has 0 fully saturated rings. The first kappa shape index (κ1) is 16.0. The Morgan fingerprint density at radius 2 is 1.77 bits per heavy atom. The van der Waals surface area contributed by atoms with E-state index in [9.17, 15) is 9.59 Å². The lowest BCUT2D eigenvalue weighted by molar-refractivity contribution is -0.123. The van der Waals surface area contributed by atoms with Gasteiger partial charge >= 0.3 is 0 Å². The van der Waals surface area contributed by atoms with Gasteiger partial charge in [-0.3, -0.25) is 9.59 Å². The molecule has 2 N–H and O–H groups in total. The Balaban J connectivity index is 1.91. The second-order valence-corrected chi connectivity index (χ2v) is 5.34. The summed E-state index contributed by atoms with van der Waals surface area (Å²) in [5.41, 5.74) is 1.21. The molecule has 5 nitrogen and oxygen atoms in total. The van der Waals surface area contributed by atoms with E-state index in [1.165, 1.54) is 0 Å². The van der Waals surface area contributed by atoms with E-state index in [1.54, 1.807) is 43.5 Å². The molecule has 2 aromatic carbocycles. The van der Waals surface area contributed by atoms with Gasteiger partial charge < -0.3 is 15.4 Å². The third-order valence-corrected chi connectivity index (χ3v) is 3.51. The number of nitrogens with one attached hydrogen (secondary N) is 2. The van der Waals surface area contributed by atoms with Crippen LogP contribution >= 0.6 is 15.9 Å². The summed E-state index contributed by atoms with van der Waals surface area (Å²) in [5, 5.41) is 5.33. The van der Waals surface area contributed by atoms with E-state index in [4.69, 9.17) is 4.74 Å². The molecule has 6 heteroatoms. The molecule has 0 heterocycles. The molecule has 0 saturated carbocycles. The highest BCUT2D eigenvalue weighted by molar-refractivity contribution is 9.10. The third kappa shape index (κ3) is 4.60. The summed E-state index contributed by atoms with van der Waals surface area (Å²) in [5.74, 6) is -0.138. The molecule has 0 aliphatic carbocycles. The SMILES string of the molecule is COc1cccc(NC(=O)CC(=O)Nc2ccccc2Br)c1. The van der Waals surface area contributed by atoms with Gasteiger partial charge in [0, 0.05) is 16.2 Å². The number of rotatable bonds is 5. The van der Waals surface area contributed by atoms with Crippen molar-refractivity contribution in [3.8, 4) is 5.75 Å². The molecule has 0 spiro atoms. The van der Waals surface area contributed by atoms with Crippen molar-refractivity contribution in [3.05, 3.63) is 53.0 Å². The van der Waals surface area contributed by atoms with E-state index in [2.05, 4.69) is 26.6 Å². The van der Waals surface area contributed by atoms with Crippen LogP contribution in [0.5, 0.6) is 5.75 Å². The van der Waals surface area contributed by atoms with Gasteiger partial charge in [-0.2, -0.15) is 0 Å². The molecule has 0 aliphatic heterocycles. The molecule has 0 unspecified atom stereocenters. The van der Waals surface area contributed by atoms with Crippen molar-refractivity contribution in [1.82, 2.24) is 0 Å². The van der Waals surface area contributed by atoms with Crippen molar-refractivity contribution in [1.29, 1.82) is 0 Å². The van der Waals surface area contributed by atoms with E-state index < -0.39 is 5.91 Å². The first-order valence-electron chi connectivity index (χ1n) is 6.57. The van der Waals surface area contributed by atoms with E-state index in [-0.39, 0.29) is 12.3 Å². The normalized spacial score (nSPS) is 9.91. The van der Waals surface area contributed by atoms with Crippen LogP contribution in [-0.2, 0) is 9.59 Å². The molecule has 0 saturated heterocycles. The van der Waals surface area contributed by atoms with E-state index in [0.717, 1.165) is 4.47 Å². The molecular weight excluding hydrogens is 348 g/mol. The van der Waals surface area contributed by atoms with Crippen molar-refractivity contribution >= 4 is 39.1 Å². The predicted octanol–water partition coefficient (Wildman–Crippen LogP) is 3.43. The van der Waals surface area contributed by atoms with Crippen LogP contribution in [0.15, 0.2) is 53.0 Å². The van der Waals surface area contributed by atoms with Crippen LogP contribution in [0.1, 0.15) is 6.42 Å². The third-order valence-electron chi connectivity index (χ3n) is 2.82. The number of ether oxygens (including phenoxy) is 1. The molecule has 0 atom stereocenters. The van der Waals surface area contributed by atoms with Crippen LogP contribution in [0.4, 0.5) is 11.4 Å². The minimum atomic E-state index is -0.391. The zero-order valence-corrected chi connectivity index (χ0v) is 13.5. The Labute approximate surface area is 136 Å². The van der Waals surface area contributed by atoms with Crippen LogP contribution in [0, 0.1) is 0 Å². The zero-order valence-electron chi connectivity index (χ0n) is 11.9. The largest absolute Gasteiger partial charge is 0.497 e. The fraction of sp³-hybridized carbons (Fsp3) is 0.125. The summed E-state index contributed by atoms with van der Waals surface area (Å²) < 4.78 is 5.83. The van der Waals surface area contributed by atoms with Gasteiger partial charge in [-0.1, -0.05) is 18.2 Å². The molecule has 2 aromatic rings. The number of carbonyl (C=O) groups excluding carboxylic acids is 2. The Kier molecular flexibility index (Phi) is 5.55. The first-order chi connectivity index (χ1) is 10.6. The monoisotopic (exact) mass is 362 g/mol. The smallest absolute Gasteiger partial charge is 0.233 e. The lowest BCUT2D eigenvalue weighted by Crippen LogP contribution is -2.21. The second-order valence-electron chi connectivity index (χ2n) is 4.48. The van der Waals surface area contributed by atoms with Gasteiger partial charge in [-0.15, -0.1) is 0 Å². The zero-order chi connectivity index (χ0) is 15.9. The van der Waals surface area contributed by atoms with Crippen LogP contribution in [0.2, 0.25) is 0 Å². The second kappa shape index (κ2) is 7.61. The van der Waals surface area contributed by atoms with E-state index in [0.29, 0.717) is 17.1 Å². The van der Waals surface area contributed by atoms with Gasteiger partial charge in [0.05, 0.1) is 12.8 Å². The molecule has 0 aromatic heterocycles. The standard InChI is InChI=1S/C16H15BrN2O3/c1-22-12-6-4-5-11(9-12)18-15(20)10-16(21)19-14-8-3-2-7-13(14)17/h2-9H,10H2,1H3,(H,18,20)(H,19,21). The number of methoxy groups -OCH3 is 1. The van der Waals surface area contributed by atoms with Gasteiger partial charge in [-0.05, 0) is 40.2 Å². The van der Waals surface area contributed by atoms with Gasteiger partial charge in [-0.25, -0.2) is 0 Å². The van der Waals surface area contributed by atoms with E-state index >= 15 is 0 Å². The number of hydrogen-bond acceptors (Lipinski definition) is 3. The van der Waals surface area contributed by atoms with Crippen LogP contribution in [0.3, 0.4) is 0 Å². The number of anilines is 2. The summed E-state index contributed by atoms with van der Waals surface area (Å²) in [6, 6.07) is 14.2. The summed E-state index contributed by atoms with van der Waals surface area (Å²) in [7, 11) is 1.55. The number of para-hydroxylation sites is 1.